The number of hydrogen-bond donors (Lipinski definition) is 3. The van der Waals surface area contributed by atoms with Gasteiger partial charge in [0.25, 0.3) is 0 Å². The number of amides is 2. The summed E-state index contributed by atoms with van der Waals surface area (Å²) < 4.78 is 0. The second-order valence-electron chi connectivity index (χ2n) is 3.48. The largest absolute Gasteiger partial charge is 0.325 e. The molecule has 1 aromatic carbocycles. The Bertz CT molecular complexity index is 409. The highest BCUT2D eigenvalue weighted by Crippen LogP contribution is 2.10. The van der Waals surface area contributed by atoms with Crippen molar-refractivity contribution in [1.29, 1.82) is 0 Å². The minimum absolute atomic E-state index is 0.134. The first-order chi connectivity index (χ1) is 8.11. The number of aryl methyl sites for hydroxylation is 1. The Morgan fingerprint density at radius 1 is 1.29 bits per heavy atom. The highest BCUT2D eigenvalue weighted by atomic mass is 32.2. The Labute approximate surface area is 104 Å². The molecule has 0 bridgehead atoms. The van der Waals surface area contributed by atoms with E-state index >= 15 is 0 Å². The van der Waals surface area contributed by atoms with Crippen LogP contribution in [0.3, 0.4) is 0 Å². The lowest BCUT2D eigenvalue weighted by molar-refractivity contribution is -0.118. The maximum atomic E-state index is 11.5. The highest BCUT2D eigenvalue weighted by molar-refractivity contribution is 8.00. The molecular weight excluding hydrogens is 238 g/mol. The second kappa shape index (κ2) is 6.93. The third-order valence-corrected chi connectivity index (χ3v) is 2.86. The van der Waals surface area contributed by atoms with Crippen LogP contribution in [-0.2, 0) is 9.59 Å². The van der Waals surface area contributed by atoms with Crippen molar-refractivity contribution >= 4 is 29.3 Å². The molecule has 92 valence electrons. The van der Waals surface area contributed by atoms with E-state index in [0.717, 1.165) is 11.3 Å². The number of nitrogens with two attached hydrogens (primary N) is 1. The summed E-state index contributed by atoms with van der Waals surface area (Å²) in [6.07, 6.45) is 0. The van der Waals surface area contributed by atoms with Crippen molar-refractivity contribution in [2.45, 2.75) is 6.92 Å². The summed E-state index contributed by atoms with van der Waals surface area (Å²) in [5.41, 5.74) is 3.85. The standard InChI is InChI=1S/C11H15N3O2S/c1-8-3-2-4-9(5-8)13-10(15)6-17-7-11(16)14-12/h2-5H,6-7,12H2,1H3,(H,13,15)(H,14,16). The van der Waals surface area contributed by atoms with Crippen molar-refractivity contribution in [2.75, 3.05) is 16.8 Å². The molecule has 0 radical (unpaired) electrons. The third-order valence-electron chi connectivity index (χ3n) is 1.93. The van der Waals surface area contributed by atoms with Crippen LogP contribution in [0.5, 0.6) is 0 Å². The molecule has 2 amide bonds. The second-order valence-corrected chi connectivity index (χ2v) is 4.46. The van der Waals surface area contributed by atoms with Crippen LogP contribution in [0.4, 0.5) is 5.69 Å². The maximum absolute atomic E-state index is 11.5. The molecule has 0 saturated heterocycles. The van der Waals surface area contributed by atoms with Gasteiger partial charge in [0.2, 0.25) is 11.8 Å². The van der Waals surface area contributed by atoms with Crippen molar-refractivity contribution in [3.63, 3.8) is 0 Å². The summed E-state index contributed by atoms with van der Waals surface area (Å²) in [4.78, 5) is 22.3. The summed E-state index contributed by atoms with van der Waals surface area (Å²) in [6.45, 7) is 1.95. The molecule has 0 fully saturated rings. The number of nitrogens with one attached hydrogen (secondary N) is 2. The topological polar surface area (TPSA) is 84.2 Å². The number of benzene rings is 1. The van der Waals surface area contributed by atoms with Crippen molar-refractivity contribution in [2.24, 2.45) is 5.84 Å². The lowest BCUT2D eigenvalue weighted by atomic mass is 10.2. The molecular formula is C11H15N3O2S. The molecule has 0 unspecified atom stereocenters. The average Bonchev–Trinajstić information content (AvgIpc) is 2.28. The lowest BCUT2D eigenvalue weighted by Gasteiger charge is -2.05. The van der Waals surface area contributed by atoms with E-state index in [-0.39, 0.29) is 23.3 Å². The fourth-order valence-corrected chi connectivity index (χ4v) is 1.83. The Morgan fingerprint density at radius 2 is 2.00 bits per heavy atom. The molecule has 0 aliphatic carbocycles. The minimum Gasteiger partial charge on any atom is -0.325 e. The number of anilines is 1. The lowest BCUT2D eigenvalue weighted by Crippen LogP contribution is -2.32. The van der Waals surface area contributed by atoms with Crippen LogP contribution >= 0.6 is 11.8 Å². The zero-order valence-corrected chi connectivity index (χ0v) is 10.3. The van der Waals surface area contributed by atoms with E-state index in [1.54, 1.807) is 0 Å². The first-order valence-corrected chi connectivity index (χ1v) is 6.21. The van der Waals surface area contributed by atoms with Crippen LogP contribution in [0.1, 0.15) is 5.56 Å². The number of carbonyl (C=O) groups excluding carboxylic acids is 2. The van der Waals surface area contributed by atoms with Crippen LogP contribution in [0.2, 0.25) is 0 Å². The van der Waals surface area contributed by atoms with E-state index < -0.39 is 0 Å². The third kappa shape index (κ3) is 5.37. The molecule has 0 aromatic heterocycles. The van der Waals surface area contributed by atoms with E-state index in [0.29, 0.717) is 0 Å². The molecule has 6 heteroatoms. The average molecular weight is 253 g/mol. The molecule has 5 nitrogen and oxygen atoms in total. The van der Waals surface area contributed by atoms with Gasteiger partial charge < -0.3 is 5.32 Å². The van der Waals surface area contributed by atoms with Crippen molar-refractivity contribution < 1.29 is 9.59 Å². The van der Waals surface area contributed by atoms with Crippen LogP contribution in [-0.4, -0.2) is 23.3 Å². The van der Waals surface area contributed by atoms with Gasteiger partial charge in [-0.2, -0.15) is 0 Å². The van der Waals surface area contributed by atoms with Gasteiger partial charge >= 0.3 is 0 Å². The first kappa shape index (κ1) is 13.5. The highest BCUT2D eigenvalue weighted by Gasteiger charge is 2.04. The van der Waals surface area contributed by atoms with Gasteiger partial charge in [-0.05, 0) is 24.6 Å². The normalized spacial score (nSPS) is 9.76. The Morgan fingerprint density at radius 3 is 2.65 bits per heavy atom. The molecule has 0 aliphatic rings. The van der Waals surface area contributed by atoms with Crippen LogP contribution in [0.15, 0.2) is 24.3 Å². The maximum Gasteiger partial charge on any atom is 0.243 e. The monoisotopic (exact) mass is 253 g/mol. The molecule has 1 rings (SSSR count). The number of rotatable bonds is 5. The SMILES string of the molecule is Cc1cccc(NC(=O)CSCC(=O)NN)c1. The summed E-state index contributed by atoms with van der Waals surface area (Å²) in [6, 6.07) is 7.53. The van der Waals surface area contributed by atoms with Crippen molar-refractivity contribution in [1.82, 2.24) is 5.43 Å². The molecule has 0 saturated carbocycles. The van der Waals surface area contributed by atoms with E-state index in [9.17, 15) is 9.59 Å². The Balaban J connectivity index is 2.32. The summed E-state index contributed by atoms with van der Waals surface area (Å²) in [7, 11) is 0. The van der Waals surface area contributed by atoms with Gasteiger partial charge in [-0.25, -0.2) is 5.84 Å². The molecule has 4 N–H and O–H groups in total. The van der Waals surface area contributed by atoms with E-state index in [1.165, 1.54) is 11.8 Å². The van der Waals surface area contributed by atoms with E-state index in [2.05, 4.69) is 5.32 Å². The van der Waals surface area contributed by atoms with Gasteiger partial charge in [0.05, 0.1) is 11.5 Å². The molecule has 0 atom stereocenters. The summed E-state index contributed by atoms with van der Waals surface area (Å²) >= 11 is 1.21. The number of hydrogen-bond acceptors (Lipinski definition) is 4. The van der Waals surface area contributed by atoms with Crippen LogP contribution in [0.25, 0.3) is 0 Å². The predicted molar refractivity (Wildman–Crippen MR) is 69.5 cm³/mol. The summed E-state index contributed by atoms with van der Waals surface area (Å²) in [5.74, 6) is 4.89. The minimum atomic E-state index is -0.293. The number of carbonyl (C=O) groups is 2. The fourth-order valence-electron chi connectivity index (χ4n) is 1.20. The quantitative estimate of drug-likeness (QED) is 0.409. The van der Waals surface area contributed by atoms with Crippen molar-refractivity contribution in [3.05, 3.63) is 29.8 Å². The van der Waals surface area contributed by atoms with E-state index in [1.807, 2.05) is 36.6 Å². The Kier molecular flexibility index (Phi) is 5.51. The number of hydrazine groups is 1. The fraction of sp³-hybridized carbons (Fsp3) is 0.273. The molecule has 17 heavy (non-hydrogen) atoms. The predicted octanol–water partition coefficient (Wildman–Crippen LogP) is 0.657. The first-order valence-electron chi connectivity index (χ1n) is 5.05. The van der Waals surface area contributed by atoms with Gasteiger partial charge in [0.15, 0.2) is 0 Å². The van der Waals surface area contributed by atoms with Gasteiger partial charge in [-0.3, -0.25) is 15.0 Å². The number of thioether (sulfide) groups is 1. The van der Waals surface area contributed by atoms with E-state index in [4.69, 9.17) is 5.84 Å². The van der Waals surface area contributed by atoms with Gasteiger partial charge in [-0.15, -0.1) is 11.8 Å². The molecule has 0 spiro atoms. The van der Waals surface area contributed by atoms with Gasteiger partial charge in [-0.1, -0.05) is 12.1 Å². The summed E-state index contributed by atoms with van der Waals surface area (Å²) in [5, 5.41) is 2.75. The zero-order chi connectivity index (χ0) is 12.7. The smallest absolute Gasteiger partial charge is 0.243 e. The van der Waals surface area contributed by atoms with Crippen molar-refractivity contribution in [3.8, 4) is 0 Å². The Hall–Kier alpha value is -1.53. The zero-order valence-electron chi connectivity index (χ0n) is 9.53. The van der Waals surface area contributed by atoms with Crippen LogP contribution in [0, 0.1) is 6.92 Å². The molecule has 0 aliphatic heterocycles. The van der Waals surface area contributed by atoms with Crippen LogP contribution < -0.4 is 16.6 Å². The van der Waals surface area contributed by atoms with Gasteiger partial charge in [0, 0.05) is 5.69 Å². The molecule has 0 heterocycles. The van der Waals surface area contributed by atoms with Gasteiger partial charge in [0.1, 0.15) is 0 Å². The molecule has 1 aromatic rings.